The van der Waals surface area contributed by atoms with Gasteiger partial charge in [0.25, 0.3) is 5.91 Å². The van der Waals surface area contributed by atoms with E-state index >= 15 is 0 Å². The number of amides is 3. The molecule has 12 heteroatoms. The summed E-state index contributed by atoms with van der Waals surface area (Å²) in [5.74, 6) is -2.15. The summed E-state index contributed by atoms with van der Waals surface area (Å²) in [6.45, 7) is 3.36. The molecule has 3 amide bonds. The third-order valence-corrected chi connectivity index (χ3v) is 6.24. The van der Waals surface area contributed by atoms with Gasteiger partial charge in [0.05, 0.1) is 6.04 Å². The van der Waals surface area contributed by atoms with Crippen molar-refractivity contribution in [2.75, 3.05) is 4.90 Å². The first-order chi connectivity index (χ1) is 17.2. The number of H-pyrrole nitrogens is 1. The first-order valence-corrected chi connectivity index (χ1v) is 12.3. The van der Waals surface area contributed by atoms with Crippen LogP contribution in [0.4, 0.5) is 14.3 Å². The van der Waals surface area contributed by atoms with Crippen molar-refractivity contribution in [1.82, 2.24) is 15.5 Å². The average Bonchev–Trinajstić information content (AvgIpc) is 3.28. The standard InChI is InChI=1S/C24H26FN5O4S2/c1-14(2)19(27-20(31)18(26)12-15-8-10-17(25)11-9-15)21(32)30(22-28-29-23(35)36-22)24(33)34-13-16-6-4-3-5-7-16/h3-11,14,18-19H,12-13,26H2,1-2H3,(H,27,31)(H,29,35)/t18-,19-/m0/s1. The monoisotopic (exact) mass is 531 g/mol. The van der Waals surface area contributed by atoms with Crippen LogP contribution in [0.15, 0.2) is 54.6 Å². The van der Waals surface area contributed by atoms with Crippen molar-refractivity contribution in [3.8, 4) is 0 Å². The minimum atomic E-state index is -1.11. The highest BCUT2D eigenvalue weighted by molar-refractivity contribution is 7.73. The minimum absolute atomic E-state index is 0.0152. The van der Waals surface area contributed by atoms with Crippen molar-refractivity contribution in [2.24, 2.45) is 11.7 Å². The number of hydrogen-bond donors (Lipinski definition) is 3. The fourth-order valence-corrected chi connectivity index (χ4v) is 4.12. The molecule has 36 heavy (non-hydrogen) atoms. The fraction of sp³-hybridized carbons (Fsp3) is 0.292. The molecular weight excluding hydrogens is 505 g/mol. The summed E-state index contributed by atoms with van der Waals surface area (Å²) < 4.78 is 18.8. The van der Waals surface area contributed by atoms with Crippen LogP contribution >= 0.6 is 23.6 Å². The maximum absolute atomic E-state index is 13.5. The van der Waals surface area contributed by atoms with E-state index in [4.69, 9.17) is 22.7 Å². The molecule has 0 saturated heterocycles. The maximum atomic E-state index is 13.5. The van der Waals surface area contributed by atoms with Gasteiger partial charge < -0.3 is 15.8 Å². The molecule has 0 unspecified atom stereocenters. The third-order valence-electron chi connectivity index (χ3n) is 5.16. The number of nitrogens with two attached hydrogens (primary N) is 1. The topological polar surface area (TPSA) is 130 Å². The number of imide groups is 1. The SMILES string of the molecule is CC(C)[C@H](NC(=O)[C@@H](N)Cc1ccc(F)cc1)C(=O)N(C(=O)OCc1ccccc1)c1n[nH]c(=S)s1. The Balaban J connectivity index is 1.77. The lowest BCUT2D eigenvalue weighted by atomic mass is 10.0. The number of carbonyl (C=O) groups excluding carboxylic acids is 3. The largest absolute Gasteiger partial charge is 0.444 e. The number of carbonyl (C=O) groups is 3. The number of hydrogen-bond acceptors (Lipinski definition) is 8. The molecule has 190 valence electrons. The predicted molar refractivity (Wildman–Crippen MR) is 136 cm³/mol. The summed E-state index contributed by atoms with van der Waals surface area (Å²) in [6.07, 6.45) is -0.827. The molecular formula is C24H26FN5O4S2. The second-order valence-electron chi connectivity index (χ2n) is 8.28. The molecule has 0 fully saturated rings. The second kappa shape index (κ2) is 12.5. The van der Waals surface area contributed by atoms with E-state index in [1.807, 2.05) is 6.07 Å². The quantitative estimate of drug-likeness (QED) is 0.359. The molecule has 0 saturated carbocycles. The van der Waals surface area contributed by atoms with Gasteiger partial charge in [0.15, 0.2) is 3.95 Å². The number of nitrogens with zero attached hydrogens (tertiary/aromatic N) is 2. The summed E-state index contributed by atoms with van der Waals surface area (Å²) in [5.41, 5.74) is 7.44. The highest BCUT2D eigenvalue weighted by Crippen LogP contribution is 2.22. The molecule has 0 aliphatic rings. The Hall–Kier alpha value is -3.48. The number of halogens is 1. The zero-order valence-corrected chi connectivity index (χ0v) is 21.3. The normalized spacial score (nSPS) is 12.6. The molecule has 4 N–H and O–H groups in total. The van der Waals surface area contributed by atoms with Crippen molar-refractivity contribution in [2.45, 2.75) is 39.0 Å². The van der Waals surface area contributed by atoms with Crippen molar-refractivity contribution in [3.63, 3.8) is 0 Å². The molecule has 2 aromatic carbocycles. The van der Waals surface area contributed by atoms with Crippen LogP contribution in [-0.4, -0.2) is 40.2 Å². The van der Waals surface area contributed by atoms with Gasteiger partial charge in [0.2, 0.25) is 11.0 Å². The summed E-state index contributed by atoms with van der Waals surface area (Å²) >= 11 is 5.97. The maximum Gasteiger partial charge on any atom is 0.423 e. The van der Waals surface area contributed by atoms with Crippen LogP contribution in [0.1, 0.15) is 25.0 Å². The van der Waals surface area contributed by atoms with Crippen LogP contribution in [-0.2, 0) is 27.4 Å². The molecule has 0 aliphatic carbocycles. The lowest BCUT2D eigenvalue weighted by molar-refractivity contribution is -0.129. The number of nitrogens with one attached hydrogen (secondary N) is 2. The number of aromatic amines is 1. The summed E-state index contributed by atoms with van der Waals surface area (Å²) in [7, 11) is 0. The molecule has 1 heterocycles. The Kier molecular flexibility index (Phi) is 9.39. The Morgan fingerprint density at radius 1 is 1.14 bits per heavy atom. The number of anilines is 1. The van der Waals surface area contributed by atoms with E-state index in [1.54, 1.807) is 38.1 Å². The molecule has 0 bridgehead atoms. The van der Waals surface area contributed by atoms with Crippen LogP contribution in [0.3, 0.4) is 0 Å². The lowest BCUT2D eigenvalue weighted by Crippen LogP contribution is -2.56. The van der Waals surface area contributed by atoms with Crippen LogP contribution in [0.5, 0.6) is 0 Å². The molecule has 0 spiro atoms. The summed E-state index contributed by atoms with van der Waals surface area (Å²) in [5, 5.41) is 9.12. The molecule has 9 nitrogen and oxygen atoms in total. The molecule has 3 rings (SSSR count). The first kappa shape index (κ1) is 27.1. The second-order valence-corrected chi connectivity index (χ2v) is 9.92. The zero-order valence-electron chi connectivity index (χ0n) is 19.6. The molecule has 3 aromatic rings. The Morgan fingerprint density at radius 3 is 2.39 bits per heavy atom. The van der Waals surface area contributed by atoms with Crippen LogP contribution in [0, 0.1) is 15.7 Å². The van der Waals surface area contributed by atoms with Gasteiger partial charge >= 0.3 is 6.09 Å². The van der Waals surface area contributed by atoms with Crippen molar-refractivity contribution in [3.05, 3.63) is 75.5 Å². The smallest absolute Gasteiger partial charge is 0.423 e. The number of rotatable bonds is 9. The number of aromatic nitrogens is 2. The van der Waals surface area contributed by atoms with E-state index in [-0.39, 0.29) is 22.1 Å². The van der Waals surface area contributed by atoms with Crippen molar-refractivity contribution < 1.29 is 23.5 Å². The summed E-state index contributed by atoms with van der Waals surface area (Å²) in [4.78, 5) is 40.2. The highest BCUT2D eigenvalue weighted by Gasteiger charge is 2.36. The fourth-order valence-electron chi connectivity index (χ4n) is 3.24. The Morgan fingerprint density at radius 2 is 1.81 bits per heavy atom. The van der Waals surface area contributed by atoms with Crippen molar-refractivity contribution in [1.29, 1.82) is 0 Å². The molecule has 1 aromatic heterocycles. The van der Waals surface area contributed by atoms with E-state index in [1.165, 1.54) is 24.3 Å². The van der Waals surface area contributed by atoms with Gasteiger partial charge in [-0.3, -0.25) is 14.7 Å². The van der Waals surface area contributed by atoms with E-state index < -0.39 is 41.7 Å². The third kappa shape index (κ3) is 7.26. The van der Waals surface area contributed by atoms with Gasteiger partial charge in [0, 0.05) is 0 Å². The molecule has 0 aliphatic heterocycles. The number of benzene rings is 2. The minimum Gasteiger partial charge on any atom is -0.444 e. The van der Waals surface area contributed by atoms with E-state index in [0.717, 1.165) is 21.8 Å². The van der Waals surface area contributed by atoms with Gasteiger partial charge in [-0.1, -0.05) is 67.6 Å². The van der Waals surface area contributed by atoms with Gasteiger partial charge in [-0.25, -0.2) is 9.18 Å². The van der Waals surface area contributed by atoms with Gasteiger partial charge in [-0.15, -0.1) is 5.10 Å². The highest BCUT2D eigenvalue weighted by atomic mass is 32.1. The average molecular weight is 532 g/mol. The lowest BCUT2D eigenvalue weighted by Gasteiger charge is -2.27. The predicted octanol–water partition coefficient (Wildman–Crippen LogP) is 3.72. The first-order valence-electron chi connectivity index (χ1n) is 11.1. The van der Waals surface area contributed by atoms with E-state index in [0.29, 0.717) is 5.56 Å². The number of ether oxygens (including phenoxy) is 1. The van der Waals surface area contributed by atoms with E-state index in [9.17, 15) is 18.8 Å². The van der Waals surface area contributed by atoms with Gasteiger partial charge in [-0.05, 0) is 47.8 Å². The molecule has 2 atom stereocenters. The van der Waals surface area contributed by atoms with Crippen LogP contribution in [0.2, 0.25) is 0 Å². The van der Waals surface area contributed by atoms with Gasteiger partial charge in [-0.2, -0.15) is 4.90 Å². The Bertz CT molecular complexity index is 1250. The van der Waals surface area contributed by atoms with Gasteiger partial charge in [0.1, 0.15) is 18.5 Å². The zero-order chi connectivity index (χ0) is 26.2. The van der Waals surface area contributed by atoms with Crippen molar-refractivity contribution >= 4 is 46.6 Å². The van der Waals surface area contributed by atoms with E-state index in [2.05, 4.69) is 15.5 Å². The van der Waals surface area contributed by atoms with Crippen LogP contribution in [0.25, 0.3) is 0 Å². The summed E-state index contributed by atoms with van der Waals surface area (Å²) in [6, 6.07) is 12.5. The van der Waals surface area contributed by atoms with Crippen LogP contribution < -0.4 is 16.0 Å². The molecule has 0 radical (unpaired) electrons. The Labute approximate surface area is 216 Å².